The Hall–Kier alpha value is -4.25. The van der Waals surface area contributed by atoms with Crippen molar-refractivity contribution in [1.82, 2.24) is 24.1 Å². The van der Waals surface area contributed by atoms with Crippen LogP contribution in [0.25, 0.3) is 32.5 Å². The number of amides is 2. The van der Waals surface area contributed by atoms with Gasteiger partial charge in [0.25, 0.3) is 5.91 Å². The molecule has 0 saturated heterocycles. The molecule has 0 aliphatic heterocycles. The summed E-state index contributed by atoms with van der Waals surface area (Å²) in [5, 5.41) is 2.86. The molecular formula is C22H19N7O3S. The van der Waals surface area contributed by atoms with E-state index in [0.29, 0.717) is 32.9 Å². The lowest BCUT2D eigenvalue weighted by molar-refractivity contribution is -0.118. The third-order valence-electron chi connectivity index (χ3n) is 5.38. The molecule has 4 aromatic heterocycles. The third-order valence-corrected chi connectivity index (χ3v) is 6.51. The number of carbonyl (C=O) groups is 2. The maximum atomic E-state index is 13.0. The number of hydrogen-bond acceptors (Lipinski definition) is 6. The summed E-state index contributed by atoms with van der Waals surface area (Å²) < 4.78 is 3.22. The number of benzene rings is 1. The number of primary amides is 1. The van der Waals surface area contributed by atoms with Crippen LogP contribution in [0.3, 0.4) is 0 Å². The summed E-state index contributed by atoms with van der Waals surface area (Å²) in [5.41, 5.74) is 8.67. The van der Waals surface area contributed by atoms with Gasteiger partial charge in [0, 0.05) is 37.3 Å². The van der Waals surface area contributed by atoms with Crippen LogP contribution in [0.5, 0.6) is 0 Å². The van der Waals surface area contributed by atoms with E-state index in [1.807, 2.05) is 18.2 Å². The number of pyridine rings is 1. The zero-order valence-corrected chi connectivity index (χ0v) is 18.3. The third kappa shape index (κ3) is 3.78. The fourth-order valence-corrected chi connectivity index (χ4v) is 4.59. The van der Waals surface area contributed by atoms with E-state index in [4.69, 9.17) is 5.73 Å². The molecule has 0 bridgehead atoms. The minimum Gasteiger partial charge on any atom is -0.370 e. The predicted octanol–water partition coefficient (Wildman–Crippen LogP) is 2.47. The lowest BCUT2D eigenvalue weighted by Crippen LogP contribution is -2.18. The van der Waals surface area contributed by atoms with E-state index >= 15 is 0 Å². The molecule has 166 valence electrons. The number of nitrogens with zero attached hydrogens (tertiary/aromatic N) is 4. The second kappa shape index (κ2) is 8.02. The number of aromatic amines is 1. The number of thiophene rings is 1. The van der Waals surface area contributed by atoms with E-state index in [9.17, 15) is 14.4 Å². The van der Waals surface area contributed by atoms with Gasteiger partial charge in [0.15, 0.2) is 0 Å². The molecule has 33 heavy (non-hydrogen) atoms. The zero-order chi connectivity index (χ0) is 23.1. The quantitative estimate of drug-likeness (QED) is 0.356. The van der Waals surface area contributed by atoms with Gasteiger partial charge in [0.2, 0.25) is 11.9 Å². The maximum Gasteiger partial charge on any atom is 0.326 e. The Morgan fingerprint density at radius 3 is 2.70 bits per heavy atom. The van der Waals surface area contributed by atoms with Crippen LogP contribution in [0.4, 0.5) is 5.95 Å². The molecule has 0 spiro atoms. The van der Waals surface area contributed by atoms with Crippen molar-refractivity contribution < 1.29 is 9.59 Å². The highest BCUT2D eigenvalue weighted by Gasteiger charge is 2.18. The lowest BCUT2D eigenvalue weighted by Gasteiger charge is -2.09. The molecule has 0 saturated carbocycles. The summed E-state index contributed by atoms with van der Waals surface area (Å²) in [6.45, 7) is 0.234. The number of carbonyl (C=O) groups excluding carboxylic acids is 2. The van der Waals surface area contributed by atoms with Crippen LogP contribution < -0.4 is 16.7 Å². The van der Waals surface area contributed by atoms with Crippen molar-refractivity contribution in [3.05, 3.63) is 64.2 Å². The number of aromatic nitrogens is 5. The van der Waals surface area contributed by atoms with Gasteiger partial charge in [-0.15, -0.1) is 11.3 Å². The van der Waals surface area contributed by atoms with E-state index in [0.717, 1.165) is 10.4 Å². The van der Waals surface area contributed by atoms with Gasteiger partial charge in [-0.1, -0.05) is 0 Å². The summed E-state index contributed by atoms with van der Waals surface area (Å²) in [6, 6.07) is 10.9. The number of nitrogens with two attached hydrogens (primary N) is 1. The van der Waals surface area contributed by atoms with E-state index < -0.39 is 5.91 Å². The Kier molecular flexibility index (Phi) is 5.02. The molecule has 0 radical (unpaired) electrons. The number of aryl methyl sites for hydroxylation is 2. The molecule has 5 aromatic rings. The fourth-order valence-electron chi connectivity index (χ4n) is 3.68. The monoisotopic (exact) mass is 461 g/mol. The number of nitrogens with one attached hydrogen (secondary N) is 2. The average Bonchev–Trinajstić information content (AvgIpc) is 3.48. The molecule has 2 amide bonds. The molecule has 0 aliphatic carbocycles. The second-order valence-electron chi connectivity index (χ2n) is 7.50. The second-order valence-corrected chi connectivity index (χ2v) is 8.59. The van der Waals surface area contributed by atoms with Gasteiger partial charge in [-0.2, -0.15) is 0 Å². The largest absolute Gasteiger partial charge is 0.370 e. The van der Waals surface area contributed by atoms with Crippen LogP contribution >= 0.6 is 11.3 Å². The summed E-state index contributed by atoms with van der Waals surface area (Å²) in [7, 11) is 1.66. The SMILES string of the molecule is Cn1c(=O)[nH]c2cc3nc(NC(=O)c4ccc(-c5ccncc5)s4)n(CCC(N)=O)c3cc21. The molecule has 0 aliphatic rings. The van der Waals surface area contributed by atoms with Gasteiger partial charge < -0.3 is 15.3 Å². The fraction of sp³-hybridized carbons (Fsp3) is 0.136. The Bertz CT molecular complexity index is 1580. The Balaban J connectivity index is 1.52. The number of imidazole rings is 2. The minimum absolute atomic E-state index is 0.0730. The minimum atomic E-state index is -0.468. The number of fused-ring (bicyclic) bond motifs is 2. The molecule has 10 nitrogen and oxygen atoms in total. The van der Waals surface area contributed by atoms with Crippen molar-refractivity contribution in [3.63, 3.8) is 0 Å². The molecule has 11 heteroatoms. The van der Waals surface area contributed by atoms with Crippen LogP contribution in [-0.4, -0.2) is 35.9 Å². The van der Waals surface area contributed by atoms with E-state index in [1.165, 1.54) is 15.9 Å². The molecule has 4 heterocycles. The highest BCUT2D eigenvalue weighted by atomic mass is 32.1. The van der Waals surface area contributed by atoms with E-state index in [2.05, 4.69) is 20.3 Å². The van der Waals surface area contributed by atoms with Gasteiger partial charge in [-0.3, -0.25) is 24.5 Å². The van der Waals surface area contributed by atoms with Crippen molar-refractivity contribution in [2.75, 3.05) is 5.32 Å². The van der Waals surface area contributed by atoms with Crippen LogP contribution in [0.15, 0.2) is 53.6 Å². The maximum absolute atomic E-state index is 13.0. The molecule has 0 unspecified atom stereocenters. The van der Waals surface area contributed by atoms with Crippen molar-refractivity contribution in [2.45, 2.75) is 13.0 Å². The lowest BCUT2D eigenvalue weighted by atomic mass is 10.2. The van der Waals surface area contributed by atoms with Crippen molar-refractivity contribution >= 4 is 51.2 Å². The molecular weight excluding hydrogens is 442 g/mol. The predicted molar refractivity (Wildman–Crippen MR) is 126 cm³/mol. The van der Waals surface area contributed by atoms with Gasteiger partial charge in [-0.25, -0.2) is 9.78 Å². The first-order valence-electron chi connectivity index (χ1n) is 10.1. The summed E-state index contributed by atoms with van der Waals surface area (Å²) >= 11 is 1.36. The van der Waals surface area contributed by atoms with Gasteiger partial charge in [-0.05, 0) is 42.0 Å². The van der Waals surface area contributed by atoms with Crippen molar-refractivity contribution in [2.24, 2.45) is 12.8 Å². The van der Waals surface area contributed by atoms with Crippen LogP contribution in [-0.2, 0) is 18.4 Å². The molecule has 0 atom stereocenters. The first kappa shape index (κ1) is 20.6. The zero-order valence-electron chi connectivity index (χ0n) is 17.5. The Labute approximate surface area is 190 Å². The van der Waals surface area contributed by atoms with Crippen molar-refractivity contribution in [1.29, 1.82) is 0 Å². The highest BCUT2D eigenvalue weighted by molar-refractivity contribution is 7.17. The number of H-pyrrole nitrogens is 1. The molecule has 1 aromatic carbocycles. The Morgan fingerprint density at radius 2 is 1.94 bits per heavy atom. The standard InChI is InChI=1S/C22H19N7O3S/c1-28-15-11-16-14(10-13(15)26-22(28)32)25-21(29(16)9-6-19(23)30)27-20(31)18-3-2-17(33-18)12-4-7-24-8-5-12/h2-5,7-8,10-11H,6,9H2,1H3,(H2,23,30)(H,26,32)(H,25,27,31). The highest BCUT2D eigenvalue weighted by Crippen LogP contribution is 2.29. The van der Waals surface area contributed by atoms with Crippen molar-refractivity contribution in [3.8, 4) is 10.4 Å². The normalized spacial score (nSPS) is 11.3. The number of rotatable bonds is 6. The number of hydrogen-bond donors (Lipinski definition) is 3. The molecule has 0 fully saturated rings. The smallest absolute Gasteiger partial charge is 0.326 e. The van der Waals surface area contributed by atoms with Gasteiger partial charge >= 0.3 is 5.69 Å². The van der Waals surface area contributed by atoms with Gasteiger partial charge in [0.05, 0.1) is 26.9 Å². The molecule has 4 N–H and O–H groups in total. The van der Waals surface area contributed by atoms with Crippen LogP contribution in [0, 0.1) is 0 Å². The number of anilines is 1. The Morgan fingerprint density at radius 1 is 1.15 bits per heavy atom. The van der Waals surface area contributed by atoms with Gasteiger partial charge in [0.1, 0.15) is 0 Å². The summed E-state index contributed by atoms with van der Waals surface area (Å²) in [5.74, 6) is -0.480. The van der Waals surface area contributed by atoms with E-state index in [1.54, 1.807) is 42.2 Å². The average molecular weight is 462 g/mol. The summed E-state index contributed by atoms with van der Waals surface area (Å²) in [6.07, 6.45) is 3.48. The van der Waals surface area contributed by atoms with Crippen LogP contribution in [0.2, 0.25) is 0 Å². The van der Waals surface area contributed by atoms with E-state index in [-0.39, 0.29) is 24.6 Å². The molecule has 5 rings (SSSR count). The first-order valence-corrected chi connectivity index (χ1v) is 10.9. The first-order chi connectivity index (χ1) is 15.9. The topological polar surface area (TPSA) is 141 Å². The van der Waals surface area contributed by atoms with Crippen LogP contribution in [0.1, 0.15) is 16.1 Å². The summed E-state index contributed by atoms with van der Waals surface area (Å²) in [4.78, 5) is 49.2.